The van der Waals surface area contributed by atoms with Gasteiger partial charge < -0.3 is 11.1 Å². The van der Waals surface area contributed by atoms with E-state index in [4.69, 9.17) is 5.73 Å². The molecule has 0 radical (unpaired) electrons. The minimum Gasteiger partial charge on any atom is -0.399 e. The number of nitrogen functional groups attached to an aromatic ring is 1. The van der Waals surface area contributed by atoms with E-state index in [1.54, 1.807) is 42.5 Å². The van der Waals surface area contributed by atoms with Gasteiger partial charge in [0.15, 0.2) is 0 Å². The molecule has 17 heavy (non-hydrogen) atoms. The lowest BCUT2D eigenvalue weighted by atomic mass is 10.1. The van der Waals surface area contributed by atoms with Gasteiger partial charge in [-0.1, -0.05) is 31.4 Å². The highest BCUT2D eigenvalue weighted by Crippen LogP contribution is 2.12. The minimum atomic E-state index is -0.0947. The summed E-state index contributed by atoms with van der Waals surface area (Å²) in [5.41, 5.74) is 7.78. The number of carbonyl (C=O) groups excluding carboxylic acids is 1. The van der Waals surface area contributed by atoms with Gasteiger partial charge in [-0.25, -0.2) is 0 Å². The summed E-state index contributed by atoms with van der Waals surface area (Å²) in [4.78, 5) is 11.7. The molecule has 0 atom stereocenters. The Morgan fingerprint density at radius 3 is 2.47 bits per heavy atom. The summed E-state index contributed by atoms with van der Waals surface area (Å²) < 4.78 is 0. The van der Waals surface area contributed by atoms with E-state index in [2.05, 4.69) is 18.5 Å². The standard InChI is InChI=1S/C14H16N2O/c1-3-5-11(4-2)10-14(17)16-13-8-6-12(15)7-9-13/h3-9H,1-2,10,15H2,(H,16,17)/b11-5+. The fourth-order valence-corrected chi connectivity index (χ4v) is 1.31. The maximum Gasteiger partial charge on any atom is 0.228 e. The molecule has 1 aromatic rings. The number of carbonyl (C=O) groups is 1. The number of nitrogens with two attached hydrogens (primary N) is 1. The number of benzene rings is 1. The van der Waals surface area contributed by atoms with Crippen molar-refractivity contribution in [2.24, 2.45) is 0 Å². The van der Waals surface area contributed by atoms with Crippen molar-refractivity contribution in [1.82, 2.24) is 0 Å². The lowest BCUT2D eigenvalue weighted by Gasteiger charge is -2.05. The summed E-state index contributed by atoms with van der Waals surface area (Å²) in [6.07, 6.45) is 5.31. The molecule has 0 aliphatic rings. The van der Waals surface area contributed by atoms with Gasteiger partial charge in [-0.2, -0.15) is 0 Å². The molecule has 0 aliphatic heterocycles. The molecule has 0 bridgehead atoms. The highest BCUT2D eigenvalue weighted by Gasteiger charge is 2.03. The van der Waals surface area contributed by atoms with E-state index in [9.17, 15) is 4.79 Å². The quantitative estimate of drug-likeness (QED) is 0.601. The first-order valence-electron chi connectivity index (χ1n) is 5.25. The smallest absolute Gasteiger partial charge is 0.228 e. The monoisotopic (exact) mass is 228 g/mol. The van der Waals surface area contributed by atoms with E-state index in [0.29, 0.717) is 5.69 Å². The zero-order valence-electron chi connectivity index (χ0n) is 9.65. The van der Waals surface area contributed by atoms with Crippen molar-refractivity contribution in [2.75, 3.05) is 11.1 Å². The number of amides is 1. The van der Waals surface area contributed by atoms with Gasteiger partial charge in [-0.15, -0.1) is 0 Å². The predicted octanol–water partition coefficient (Wildman–Crippen LogP) is 2.90. The third-order valence-corrected chi connectivity index (χ3v) is 2.15. The van der Waals surface area contributed by atoms with Crippen LogP contribution >= 0.6 is 0 Å². The normalized spacial score (nSPS) is 10.7. The zero-order valence-corrected chi connectivity index (χ0v) is 9.65. The van der Waals surface area contributed by atoms with Crippen LogP contribution in [0.2, 0.25) is 0 Å². The number of allylic oxidation sites excluding steroid dienone is 3. The maximum absolute atomic E-state index is 11.7. The van der Waals surface area contributed by atoms with Crippen LogP contribution in [0.1, 0.15) is 6.42 Å². The maximum atomic E-state index is 11.7. The first kappa shape index (κ1) is 12.8. The summed E-state index contributed by atoms with van der Waals surface area (Å²) in [6.45, 7) is 7.22. The molecule has 0 aromatic heterocycles. The first-order chi connectivity index (χ1) is 8.15. The Bertz CT molecular complexity index is 444. The van der Waals surface area contributed by atoms with Gasteiger partial charge in [0.25, 0.3) is 0 Å². The van der Waals surface area contributed by atoms with E-state index in [0.717, 1.165) is 11.3 Å². The van der Waals surface area contributed by atoms with Gasteiger partial charge in [0.05, 0.1) is 6.42 Å². The van der Waals surface area contributed by atoms with Crippen LogP contribution in [0.4, 0.5) is 11.4 Å². The molecule has 0 saturated carbocycles. The fraction of sp³-hybridized carbons (Fsp3) is 0.0714. The number of anilines is 2. The lowest BCUT2D eigenvalue weighted by Crippen LogP contribution is -2.11. The molecule has 0 heterocycles. The molecule has 3 nitrogen and oxygen atoms in total. The van der Waals surface area contributed by atoms with Crippen molar-refractivity contribution >= 4 is 17.3 Å². The third kappa shape index (κ3) is 4.38. The first-order valence-corrected chi connectivity index (χ1v) is 5.25. The van der Waals surface area contributed by atoms with E-state index in [1.165, 1.54) is 0 Å². The molecule has 0 fully saturated rings. The Balaban J connectivity index is 2.60. The van der Waals surface area contributed by atoms with E-state index in [-0.39, 0.29) is 12.3 Å². The van der Waals surface area contributed by atoms with E-state index >= 15 is 0 Å². The lowest BCUT2D eigenvalue weighted by molar-refractivity contribution is -0.115. The highest BCUT2D eigenvalue weighted by atomic mass is 16.1. The SMILES string of the molecule is C=C/C=C(\C=C)CC(=O)Nc1ccc(N)cc1. The Morgan fingerprint density at radius 1 is 1.29 bits per heavy atom. The number of hydrogen-bond acceptors (Lipinski definition) is 2. The van der Waals surface area contributed by atoms with Gasteiger partial charge in [0.2, 0.25) is 5.91 Å². The second-order valence-electron chi connectivity index (χ2n) is 3.53. The molecule has 3 heteroatoms. The van der Waals surface area contributed by atoms with Crippen LogP contribution in [0.15, 0.2) is 61.2 Å². The summed E-state index contributed by atoms with van der Waals surface area (Å²) in [6, 6.07) is 7.00. The van der Waals surface area contributed by atoms with Gasteiger partial charge in [-0.3, -0.25) is 4.79 Å². The molecule has 1 aromatic carbocycles. The highest BCUT2D eigenvalue weighted by molar-refractivity contribution is 5.92. The van der Waals surface area contributed by atoms with Crippen molar-refractivity contribution in [1.29, 1.82) is 0 Å². The molecule has 1 amide bonds. The minimum absolute atomic E-state index is 0.0947. The van der Waals surface area contributed by atoms with Gasteiger partial charge in [0.1, 0.15) is 0 Å². The second kappa shape index (κ2) is 6.33. The Morgan fingerprint density at radius 2 is 1.94 bits per heavy atom. The van der Waals surface area contributed by atoms with Crippen LogP contribution in [-0.4, -0.2) is 5.91 Å². The second-order valence-corrected chi connectivity index (χ2v) is 3.53. The molecule has 0 saturated heterocycles. The van der Waals surface area contributed by atoms with Gasteiger partial charge >= 0.3 is 0 Å². The zero-order chi connectivity index (χ0) is 12.7. The van der Waals surface area contributed by atoms with Crippen LogP contribution in [0.5, 0.6) is 0 Å². The number of hydrogen-bond donors (Lipinski definition) is 2. The molecule has 1 rings (SSSR count). The third-order valence-electron chi connectivity index (χ3n) is 2.15. The molecular formula is C14H16N2O. The summed E-state index contributed by atoms with van der Waals surface area (Å²) >= 11 is 0. The van der Waals surface area contributed by atoms with E-state index in [1.807, 2.05) is 0 Å². The molecule has 3 N–H and O–H groups in total. The van der Waals surface area contributed by atoms with E-state index < -0.39 is 0 Å². The summed E-state index contributed by atoms with van der Waals surface area (Å²) in [5.74, 6) is -0.0947. The van der Waals surface area contributed by atoms with Crippen LogP contribution in [0.25, 0.3) is 0 Å². The van der Waals surface area contributed by atoms with Gasteiger partial charge in [0, 0.05) is 11.4 Å². The van der Waals surface area contributed by atoms with Crippen LogP contribution < -0.4 is 11.1 Å². The van der Waals surface area contributed by atoms with Gasteiger partial charge in [-0.05, 0) is 29.8 Å². The number of nitrogens with one attached hydrogen (secondary N) is 1. The topological polar surface area (TPSA) is 55.1 Å². The van der Waals surface area contributed by atoms with Crippen molar-refractivity contribution in [3.05, 3.63) is 61.2 Å². The number of rotatable bonds is 5. The fourth-order valence-electron chi connectivity index (χ4n) is 1.31. The summed E-state index contributed by atoms with van der Waals surface area (Å²) in [5, 5.41) is 2.77. The predicted molar refractivity (Wildman–Crippen MR) is 72.6 cm³/mol. The average molecular weight is 228 g/mol. The molecule has 0 unspecified atom stereocenters. The van der Waals surface area contributed by atoms with Crippen molar-refractivity contribution in [3.63, 3.8) is 0 Å². The molecule has 0 aliphatic carbocycles. The van der Waals surface area contributed by atoms with Crippen LogP contribution in [-0.2, 0) is 4.79 Å². The Kier molecular flexibility index (Phi) is 4.76. The molecular weight excluding hydrogens is 212 g/mol. The van der Waals surface area contributed by atoms with Crippen LogP contribution in [0, 0.1) is 0 Å². The van der Waals surface area contributed by atoms with Crippen molar-refractivity contribution in [3.8, 4) is 0 Å². The molecule has 88 valence electrons. The molecule has 0 spiro atoms. The summed E-state index contributed by atoms with van der Waals surface area (Å²) in [7, 11) is 0. The average Bonchev–Trinajstić information content (AvgIpc) is 2.31. The Hall–Kier alpha value is -2.29. The van der Waals surface area contributed by atoms with Crippen LogP contribution in [0.3, 0.4) is 0 Å². The van der Waals surface area contributed by atoms with Crippen molar-refractivity contribution < 1.29 is 4.79 Å². The Labute approximate surface area is 101 Å². The van der Waals surface area contributed by atoms with Crippen molar-refractivity contribution in [2.45, 2.75) is 6.42 Å². The largest absolute Gasteiger partial charge is 0.399 e.